The van der Waals surface area contributed by atoms with E-state index in [0.29, 0.717) is 6.54 Å². The van der Waals surface area contributed by atoms with E-state index in [1.54, 1.807) is 11.8 Å². The molecule has 0 aromatic heterocycles. The fourth-order valence-electron chi connectivity index (χ4n) is 1.45. The lowest BCUT2D eigenvalue weighted by Crippen LogP contribution is -2.25. The number of hydrogen-bond acceptors (Lipinski definition) is 4. The van der Waals surface area contributed by atoms with Gasteiger partial charge in [-0.3, -0.25) is 10.4 Å². The van der Waals surface area contributed by atoms with Crippen molar-refractivity contribution < 1.29 is 0 Å². The van der Waals surface area contributed by atoms with Gasteiger partial charge in [-0.2, -0.15) is 5.10 Å². The Morgan fingerprint density at radius 3 is 2.82 bits per heavy atom. The highest BCUT2D eigenvalue weighted by Gasteiger charge is 2.11. The van der Waals surface area contributed by atoms with E-state index in [-0.39, 0.29) is 0 Å². The van der Waals surface area contributed by atoms with Crippen molar-refractivity contribution in [1.29, 1.82) is 0 Å². The lowest BCUT2D eigenvalue weighted by Gasteiger charge is -2.14. The Kier molecular flexibility index (Phi) is 4.58. The predicted molar refractivity (Wildman–Crippen MR) is 74.5 cm³/mol. The van der Waals surface area contributed by atoms with Gasteiger partial charge >= 0.3 is 0 Å². The molecular weight excluding hydrogens is 232 g/mol. The molecule has 0 saturated heterocycles. The van der Waals surface area contributed by atoms with Crippen molar-refractivity contribution in [3.63, 3.8) is 0 Å². The van der Waals surface area contributed by atoms with E-state index in [4.69, 9.17) is 5.73 Å². The van der Waals surface area contributed by atoms with Gasteiger partial charge in [0.05, 0.1) is 5.71 Å². The first-order chi connectivity index (χ1) is 8.40. The summed E-state index contributed by atoms with van der Waals surface area (Å²) in [4.78, 5) is 4.38. The number of nitrogens with two attached hydrogens (primary N) is 1. The summed E-state index contributed by atoms with van der Waals surface area (Å²) in [6.45, 7) is 1.45. The maximum Gasteiger partial charge on any atom is 0.177 e. The molecule has 0 fully saturated rings. The van der Waals surface area contributed by atoms with Gasteiger partial charge in [0.2, 0.25) is 0 Å². The van der Waals surface area contributed by atoms with Gasteiger partial charge in [0.15, 0.2) is 5.17 Å². The summed E-state index contributed by atoms with van der Waals surface area (Å²) in [5.41, 5.74) is 10.6. The van der Waals surface area contributed by atoms with Crippen LogP contribution in [0.3, 0.4) is 0 Å². The molecule has 0 spiro atoms. The van der Waals surface area contributed by atoms with Gasteiger partial charge < -0.3 is 5.73 Å². The Morgan fingerprint density at radius 1 is 1.35 bits per heavy atom. The van der Waals surface area contributed by atoms with Crippen LogP contribution in [0, 0.1) is 0 Å². The molecule has 0 radical (unpaired) electrons. The molecule has 4 nitrogen and oxygen atoms in total. The van der Waals surface area contributed by atoms with E-state index in [9.17, 15) is 0 Å². The first-order valence-electron chi connectivity index (χ1n) is 5.65. The fourth-order valence-corrected chi connectivity index (χ4v) is 2.25. The van der Waals surface area contributed by atoms with Crippen LogP contribution in [0.25, 0.3) is 0 Å². The number of nitrogens with one attached hydrogen (secondary N) is 1. The summed E-state index contributed by atoms with van der Waals surface area (Å²) in [6.07, 6.45) is 0.918. The predicted octanol–water partition coefficient (Wildman–Crippen LogP) is 1.43. The molecule has 1 aromatic carbocycles. The third kappa shape index (κ3) is 3.57. The molecule has 90 valence electrons. The monoisotopic (exact) mass is 248 g/mol. The number of nitrogens with zero attached hydrogens (tertiary/aromatic N) is 2. The highest BCUT2D eigenvalue weighted by molar-refractivity contribution is 8.14. The number of benzene rings is 1. The molecule has 1 aliphatic heterocycles. The van der Waals surface area contributed by atoms with Gasteiger partial charge in [-0.1, -0.05) is 42.1 Å². The second-order valence-electron chi connectivity index (χ2n) is 3.65. The Morgan fingerprint density at radius 2 is 2.18 bits per heavy atom. The zero-order valence-corrected chi connectivity index (χ0v) is 10.4. The van der Waals surface area contributed by atoms with Gasteiger partial charge in [-0.15, -0.1) is 0 Å². The molecule has 0 bridgehead atoms. The molecule has 3 N–H and O–H groups in total. The topological polar surface area (TPSA) is 62.8 Å². The summed E-state index contributed by atoms with van der Waals surface area (Å²) in [7, 11) is 0. The Balaban J connectivity index is 1.96. The van der Waals surface area contributed by atoms with Crippen molar-refractivity contribution in [3.05, 3.63) is 35.9 Å². The summed E-state index contributed by atoms with van der Waals surface area (Å²) in [5.74, 6) is 0.860. The largest absolute Gasteiger partial charge is 0.330 e. The maximum atomic E-state index is 5.42. The minimum Gasteiger partial charge on any atom is -0.330 e. The van der Waals surface area contributed by atoms with Crippen molar-refractivity contribution in [1.82, 2.24) is 5.43 Å². The van der Waals surface area contributed by atoms with Gasteiger partial charge in [0.1, 0.15) is 0 Å². The van der Waals surface area contributed by atoms with Crippen LogP contribution in [0.4, 0.5) is 0 Å². The third-order valence-electron chi connectivity index (χ3n) is 2.36. The maximum absolute atomic E-state index is 5.42. The van der Waals surface area contributed by atoms with E-state index < -0.39 is 0 Å². The van der Waals surface area contributed by atoms with Crippen LogP contribution in [-0.2, 0) is 0 Å². The number of hydrogen-bond donors (Lipinski definition) is 2. The summed E-state index contributed by atoms with van der Waals surface area (Å²) in [5, 5.41) is 5.23. The normalized spacial score (nSPS) is 17.7. The zero-order chi connectivity index (χ0) is 11.9. The molecule has 17 heavy (non-hydrogen) atoms. The standard InChI is InChI=1S/C12H16N4S/c13-7-4-8-14-12-16-15-11(9-17-12)10-5-2-1-3-6-10/h1-3,5-6H,4,7-9,13H2,(H,14,16). The molecule has 1 aromatic rings. The van der Waals surface area contributed by atoms with Gasteiger partial charge in [0.25, 0.3) is 0 Å². The van der Waals surface area contributed by atoms with Gasteiger partial charge in [-0.05, 0) is 18.5 Å². The van der Waals surface area contributed by atoms with E-state index >= 15 is 0 Å². The first kappa shape index (κ1) is 12.1. The molecule has 0 unspecified atom stereocenters. The van der Waals surface area contributed by atoms with Crippen molar-refractivity contribution in [2.45, 2.75) is 6.42 Å². The highest BCUT2D eigenvalue weighted by atomic mass is 32.2. The van der Waals surface area contributed by atoms with Crippen molar-refractivity contribution >= 4 is 22.6 Å². The van der Waals surface area contributed by atoms with Gasteiger partial charge in [0, 0.05) is 12.3 Å². The second kappa shape index (κ2) is 6.42. The lowest BCUT2D eigenvalue weighted by atomic mass is 10.1. The Labute approximate surface area is 105 Å². The molecule has 1 aliphatic rings. The van der Waals surface area contributed by atoms with Crippen LogP contribution in [0.15, 0.2) is 40.4 Å². The van der Waals surface area contributed by atoms with Crippen LogP contribution in [0.2, 0.25) is 0 Å². The minimum absolute atomic E-state index is 0.681. The number of thioether (sulfide) groups is 1. The molecule has 0 amide bonds. The summed E-state index contributed by atoms with van der Waals surface area (Å²) < 4.78 is 0. The number of aliphatic imine (C=N–C) groups is 1. The average molecular weight is 248 g/mol. The average Bonchev–Trinajstić information content (AvgIpc) is 2.41. The number of hydrazone groups is 1. The number of rotatable bonds is 4. The van der Waals surface area contributed by atoms with Crippen molar-refractivity contribution in [2.75, 3.05) is 18.8 Å². The smallest absolute Gasteiger partial charge is 0.177 e. The van der Waals surface area contributed by atoms with Crippen LogP contribution in [-0.4, -0.2) is 29.7 Å². The SMILES string of the molecule is NCCCN=C1NN=C(c2ccccc2)CS1. The molecule has 5 heteroatoms. The van der Waals surface area contributed by atoms with Crippen molar-refractivity contribution in [3.8, 4) is 0 Å². The Bertz CT molecular complexity index is 414. The molecular formula is C12H16N4S. The van der Waals surface area contributed by atoms with E-state index in [1.807, 2.05) is 18.2 Å². The van der Waals surface area contributed by atoms with Crippen LogP contribution >= 0.6 is 11.8 Å². The van der Waals surface area contributed by atoms with Gasteiger partial charge in [-0.25, -0.2) is 0 Å². The number of amidine groups is 1. The quantitative estimate of drug-likeness (QED) is 0.792. The minimum atomic E-state index is 0.681. The molecule has 1 heterocycles. The lowest BCUT2D eigenvalue weighted by molar-refractivity contribution is 0.839. The van der Waals surface area contributed by atoms with Crippen LogP contribution < -0.4 is 11.2 Å². The summed E-state index contributed by atoms with van der Waals surface area (Å²) in [6, 6.07) is 10.2. The van der Waals surface area contributed by atoms with Crippen LogP contribution in [0.1, 0.15) is 12.0 Å². The van der Waals surface area contributed by atoms with Crippen molar-refractivity contribution in [2.24, 2.45) is 15.8 Å². The highest BCUT2D eigenvalue weighted by Crippen LogP contribution is 2.13. The van der Waals surface area contributed by atoms with E-state index in [1.165, 1.54) is 0 Å². The first-order valence-corrected chi connectivity index (χ1v) is 6.64. The molecule has 0 aliphatic carbocycles. The molecule has 0 atom stereocenters. The van der Waals surface area contributed by atoms with Crippen LogP contribution in [0.5, 0.6) is 0 Å². The zero-order valence-electron chi connectivity index (χ0n) is 9.60. The second-order valence-corrected chi connectivity index (χ2v) is 4.62. The molecule has 0 saturated carbocycles. The fraction of sp³-hybridized carbons (Fsp3) is 0.333. The Hall–Kier alpha value is -1.33. The van der Waals surface area contributed by atoms with E-state index in [0.717, 1.165) is 35.2 Å². The third-order valence-corrected chi connectivity index (χ3v) is 3.27. The van der Waals surface area contributed by atoms with E-state index in [2.05, 4.69) is 27.7 Å². The summed E-state index contributed by atoms with van der Waals surface area (Å²) >= 11 is 1.68. The molecule has 2 rings (SSSR count).